The number of rotatable bonds is 4. The molecule has 1 heterocycles. The highest BCUT2D eigenvalue weighted by Crippen LogP contribution is 2.25. The van der Waals surface area contributed by atoms with Crippen LogP contribution in [0.3, 0.4) is 0 Å². The molecule has 5 nitrogen and oxygen atoms in total. The Balaban J connectivity index is 1.98. The molecule has 0 bridgehead atoms. The van der Waals surface area contributed by atoms with Crippen LogP contribution in [0.25, 0.3) is 0 Å². The van der Waals surface area contributed by atoms with Crippen LogP contribution >= 0.6 is 15.9 Å². The monoisotopic (exact) mass is 323 g/mol. The Morgan fingerprint density at radius 2 is 1.89 bits per heavy atom. The van der Waals surface area contributed by atoms with Crippen LogP contribution in [0.1, 0.15) is 12.5 Å². The summed E-state index contributed by atoms with van der Waals surface area (Å²) in [4.78, 5) is 8.27. The summed E-state index contributed by atoms with van der Waals surface area (Å²) < 4.78 is 0.828. The van der Waals surface area contributed by atoms with E-state index in [0.717, 1.165) is 10.0 Å². The smallest absolute Gasteiger partial charge is 0.222 e. The lowest BCUT2D eigenvalue weighted by Crippen LogP contribution is -2.19. The van der Waals surface area contributed by atoms with Gasteiger partial charge in [-0.3, -0.25) is 0 Å². The van der Waals surface area contributed by atoms with Gasteiger partial charge < -0.3 is 15.5 Å². The molecule has 0 aliphatic carbocycles. The summed E-state index contributed by atoms with van der Waals surface area (Å²) in [7, 11) is 0. The zero-order chi connectivity index (χ0) is 13.8. The lowest BCUT2D eigenvalue weighted by Gasteiger charge is -2.14. The van der Waals surface area contributed by atoms with E-state index >= 15 is 0 Å². The van der Waals surface area contributed by atoms with E-state index in [2.05, 4.69) is 31.2 Å². The fourth-order valence-electron chi connectivity index (χ4n) is 1.71. The number of nitrogens with zero attached hydrogens (tertiary/aromatic N) is 2. The Kier molecular flexibility index (Phi) is 4.21. The molecule has 1 atom stereocenters. The van der Waals surface area contributed by atoms with Crippen molar-refractivity contribution >= 4 is 21.9 Å². The first kappa shape index (κ1) is 13.6. The van der Waals surface area contributed by atoms with Gasteiger partial charge in [-0.1, -0.05) is 6.07 Å². The summed E-state index contributed by atoms with van der Waals surface area (Å²) in [5.74, 6) is 0.337. The molecule has 0 fully saturated rings. The molecule has 0 radical (unpaired) electrons. The van der Waals surface area contributed by atoms with Gasteiger partial charge in [-0.15, -0.1) is 0 Å². The van der Waals surface area contributed by atoms with Crippen LogP contribution in [0.15, 0.2) is 35.1 Å². The van der Waals surface area contributed by atoms with E-state index in [1.165, 1.54) is 6.07 Å². The van der Waals surface area contributed by atoms with Crippen LogP contribution in [0.4, 0.5) is 5.95 Å². The minimum Gasteiger partial charge on any atom is -0.504 e. The van der Waals surface area contributed by atoms with Gasteiger partial charge >= 0.3 is 0 Å². The molecule has 0 saturated carbocycles. The lowest BCUT2D eigenvalue weighted by molar-refractivity contribution is 0.403. The van der Waals surface area contributed by atoms with Crippen molar-refractivity contribution in [3.8, 4) is 11.5 Å². The van der Waals surface area contributed by atoms with Gasteiger partial charge in [0.15, 0.2) is 11.5 Å². The predicted octanol–water partition coefficient (Wildman–Crippen LogP) is 2.69. The highest BCUT2D eigenvalue weighted by molar-refractivity contribution is 9.10. The van der Waals surface area contributed by atoms with Crippen LogP contribution in [0, 0.1) is 0 Å². The number of phenolic OH excluding ortho intramolecular Hbond substituents is 2. The van der Waals surface area contributed by atoms with Gasteiger partial charge in [0.1, 0.15) is 0 Å². The summed E-state index contributed by atoms with van der Waals surface area (Å²) in [6.07, 6.45) is 4.04. The molecule has 19 heavy (non-hydrogen) atoms. The first-order valence-corrected chi connectivity index (χ1v) is 6.59. The fourth-order valence-corrected chi connectivity index (χ4v) is 1.91. The zero-order valence-electron chi connectivity index (χ0n) is 10.3. The van der Waals surface area contributed by atoms with Crippen LogP contribution in [0.5, 0.6) is 11.5 Å². The fraction of sp³-hybridized carbons (Fsp3) is 0.231. The van der Waals surface area contributed by atoms with Crippen LogP contribution < -0.4 is 5.32 Å². The SMILES string of the molecule is CC(Cc1ccc(O)c(O)c1)Nc1ncc(Br)cn1. The number of benzene rings is 1. The highest BCUT2D eigenvalue weighted by Gasteiger charge is 2.07. The largest absolute Gasteiger partial charge is 0.504 e. The Labute approximate surface area is 119 Å². The topological polar surface area (TPSA) is 78.3 Å². The van der Waals surface area contributed by atoms with Crippen molar-refractivity contribution in [2.45, 2.75) is 19.4 Å². The molecule has 0 aliphatic heterocycles. The normalized spacial score (nSPS) is 12.1. The lowest BCUT2D eigenvalue weighted by atomic mass is 10.1. The summed E-state index contributed by atoms with van der Waals surface area (Å²) in [6, 6.07) is 4.91. The Bertz CT molecular complexity index is 560. The van der Waals surface area contributed by atoms with Gasteiger partial charge in [-0.25, -0.2) is 9.97 Å². The van der Waals surface area contributed by atoms with Crippen molar-refractivity contribution < 1.29 is 10.2 Å². The molecule has 2 rings (SSSR count). The number of nitrogens with one attached hydrogen (secondary N) is 1. The summed E-state index contributed by atoms with van der Waals surface area (Å²) >= 11 is 3.28. The maximum absolute atomic E-state index is 9.43. The second-order valence-electron chi connectivity index (χ2n) is 4.30. The van der Waals surface area contributed by atoms with Crippen LogP contribution in [-0.4, -0.2) is 26.2 Å². The average Bonchev–Trinajstić information content (AvgIpc) is 2.37. The standard InChI is InChI=1S/C13H14BrN3O2/c1-8(17-13-15-6-10(14)7-16-13)4-9-2-3-11(18)12(19)5-9/h2-3,5-8,18-19H,4H2,1H3,(H,15,16,17). The van der Waals surface area contributed by atoms with E-state index in [1.54, 1.807) is 24.5 Å². The van der Waals surface area contributed by atoms with E-state index < -0.39 is 0 Å². The van der Waals surface area contributed by atoms with Gasteiger partial charge in [0.05, 0.1) is 4.47 Å². The molecule has 0 saturated heterocycles. The van der Waals surface area contributed by atoms with Crippen molar-refractivity contribution in [3.63, 3.8) is 0 Å². The molecular weight excluding hydrogens is 310 g/mol. The molecular formula is C13H14BrN3O2. The van der Waals surface area contributed by atoms with Gasteiger partial charge in [0.25, 0.3) is 0 Å². The third kappa shape index (κ3) is 3.82. The van der Waals surface area contributed by atoms with Gasteiger partial charge in [0.2, 0.25) is 5.95 Å². The van der Waals surface area contributed by atoms with Gasteiger partial charge in [0, 0.05) is 18.4 Å². The second kappa shape index (κ2) is 5.88. The van der Waals surface area contributed by atoms with E-state index in [0.29, 0.717) is 12.4 Å². The number of aromatic hydroxyl groups is 2. The quantitative estimate of drug-likeness (QED) is 0.754. The van der Waals surface area contributed by atoms with E-state index in [4.69, 9.17) is 0 Å². The number of hydrogen-bond acceptors (Lipinski definition) is 5. The number of halogens is 1. The van der Waals surface area contributed by atoms with Crippen molar-refractivity contribution in [3.05, 3.63) is 40.6 Å². The second-order valence-corrected chi connectivity index (χ2v) is 5.21. The third-order valence-electron chi connectivity index (χ3n) is 2.58. The number of phenols is 2. The number of anilines is 1. The Morgan fingerprint density at radius 3 is 2.53 bits per heavy atom. The molecule has 0 aliphatic rings. The minimum absolute atomic E-state index is 0.102. The van der Waals surface area contributed by atoms with Crippen molar-refractivity contribution in [1.82, 2.24) is 9.97 Å². The van der Waals surface area contributed by atoms with Crippen LogP contribution in [-0.2, 0) is 6.42 Å². The first-order valence-electron chi connectivity index (χ1n) is 5.79. The third-order valence-corrected chi connectivity index (χ3v) is 2.99. The molecule has 6 heteroatoms. The molecule has 0 spiro atoms. The van der Waals surface area contributed by atoms with E-state index in [9.17, 15) is 10.2 Å². The Morgan fingerprint density at radius 1 is 1.21 bits per heavy atom. The number of hydrogen-bond donors (Lipinski definition) is 3. The van der Waals surface area contributed by atoms with E-state index in [-0.39, 0.29) is 17.5 Å². The number of aromatic nitrogens is 2. The van der Waals surface area contributed by atoms with Crippen LogP contribution in [0.2, 0.25) is 0 Å². The molecule has 1 aromatic heterocycles. The van der Waals surface area contributed by atoms with Crippen molar-refractivity contribution in [2.75, 3.05) is 5.32 Å². The minimum atomic E-state index is -0.111. The van der Waals surface area contributed by atoms with Gasteiger partial charge in [-0.05, 0) is 47.0 Å². The average molecular weight is 324 g/mol. The summed E-state index contributed by atoms with van der Waals surface area (Å²) in [5.41, 5.74) is 0.924. The molecule has 1 aromatic carbocycles. The maximum Gasteiger partial charge on any atom is 0.222 e. The molecule has 100 valence electrons. The molecule has 2 aromatic rings. The highest BCUT2D eigenvalue weighted by atomic mass is 79.9. The molecule has 1 unspecified atom stereocenters. The molecule has 3 N–H and O–H groups in total. The van der Waals surface area contributed by atoms with Crippen molar-refractivity contribution in [2.24, 2.45) is 0 Å². The van der Waals surface area contributed by atoms with Crippen molar-refractivity contribution in [1.29, 1.82) is 0 Å². The maximum atomic E-state index is 9.43. The summed E-state index contributed by atoms with van der Waals surface area (Å²) in [6.45, 7) is 2.00. The van der Waals surface area contributed by atoms with Gasteiger partial charge in [-0.2, -0.15) is 0 Å². The predicted molar refractivity (Wildman–Crippen MR) is 76.3 cm³/mol. The zero-order valence-corrected chi connectivity index (χ0v) is 11.9. The molecule has 0 amide bonds. The first-order chi connectivity index (χ1) is 9.04. The summed E-state index contributed by atoms with van der Waals surface area (Å²) in [5, 5.41) is 21.8. The Hall–Kier alpha value is -1.82. The van der Waals surface area contributed by atoms with E-state index in [1.807, 2.05) is 6.92 Å².